The molecular weight excluding hydrogens is 246 g/mol. The summed E-state index contributed by atoms with van der Waals surface area (Å²) in [7, 11) is 1.89. The Kier molecular flexibility index (Phi) is 5.23. The molecule has 0 aliphatic heterocycles. The number of aromatic nitrogens is 1. The van der Waals surface area contributed by atoms with Crippen LogP contribution in [0.5, 0.6) is 0 Å². The van der Waals surface area contributed by atoms with Crippen molar-refractivity contribution in [3.8, 4) is 0 Å². The molecule has 0 bridgehead atoms. The Balaban J connectivity index is 2.60. The van der Waals surface area contributed by atoms with E-state index >= 15 is 0 Å². The molecule has 106 valence electrons. The predicted octanol–water partition coefficient (Wildman–Crippen LogP) is 2.47. The van der Waals surface area contributed by atoms with Crippen molar-refractivity contribution < 1.29 is 9.72 Å². The third-order valence-corrected chi connectivity index (χ3v) is 3.14. The molecule has 1 N–H and O–H groups in total. The van der Waals surface area contributed by atoms with Crippen molar-refractivity contribution >= 4 is 11.5 Å². The molecule has 0 amide bonds. The van der Waals surface area contributed by atoms with Gasteiger partial charge in [0.05, 0.1) is 23.4 Å². The highest BCUT2D eigenvalue weighted by Crippen LogP contribution is 2.14. The first-order chi connectivity index (χ1) is 8.81. The van der Waals surface area contributed by atoms with Crippen LogP contribution in [0.4, 0.5) is 5.69 Å². The van der Waals surface area contributed by atoms with Crippen LogP contribution in [0.2, 0.25) is 0 Å². The zero-order valence-corrected chi connectivity index (χ0v) is 11.8. The molecule has 0 aliphatic rings. The fourth-order valence-electron chi connectivity index (χ4n) is 1.98. The zero-order valence-electron chi connectivity index (χ0n) is 11.8. The summed E-state index contributed by atoms with van der Waals surface area (Å²) in [6, 6.07) is 1.58. The van der Waals surface area contributed by atoms with Crippen LogP contribution in [0.25, 0.3) is 0 Å². The summed E-state index contributed by atoms with van der Waals surface area (Å²) in [6.45, 7) is 6.61. The lowest BCUT2D eigenvalue weighted by molar-refractivity contribution is -0.384. The topological polar surface area (TPSA) is 79.2 Å². The van der Waals surface area contributed by atoms with Gasteiger partial charge in [0, 0.05) is 12.1 Å². The molecule has 0 saturated carbocycles. The van der Waals surface area contributed by atoms with Crippen molar-refractivity contribution in [3.05, 3.63) is 28.1 Å². The van der Waals surface area contributed by atoms with E-state index < -0.39 is 4.92 Å². The lowest BCUT2D eigenvalue weighted by atomic mass is 10.0. The van der Waals surface area contributed by atoms with Crippen LogP contribution in [0.3, 0.4) is 0 Å². The molecule has 0 spiro atoms. The van der Waals surface area contributed by atoms with Gasteiger partial charge in [0.15, 0.2) is 5.78 Å². The Hall–Kier alpha value is -1.69. The van der Waals surface area contributed by atoms with Crippen LogP contribution in [-0.4, -0.2) is 40.2 Å². The molecule has 1 atom stereocenters. The Bertz CT molecular complexity index is 454. The monoisotopic (exact) mass is 267 g/mol. The number of carbonyl (C=O) groups is 1. The molecule has 0 radical (unpaired) electrons. The van der Waals surface area contributed by atoms with Crippen molar-refractivity contribution in [1.82, 2.24) is 9.88 Å². The molecule has 6 nitrogen and oxygen atoms in total. The summed E-state index contributed by atoms with van der Waals surface area (Å²) < 4.78 is 0. The Morgan fingerprint density at radius 1 is 1.47 bits per heavy atom. The van der Waals surface area contributed by atoms with E-state index in [4.69, 9.17) is 0 Å². The van der Waals surface area contributed by atoms with Gasteiger partial charge in [-0.25, -0.2) is 0 Å². The van der Waals surface area contributed by atoms with E-state index in [2.05, 4.69) is 25.8 Å². The number of nitrogens with zero attached hydrogens (tertiary/aromatic N) is 2. The molecule has 1 aromatic heterocycles. The molecule has 6 heteroatoms. The number of rotatable bonds is 7. The van der Waals surface area contributed by atoms with Gasteiger partial charge in [-0.05, 0) is 26.3 Å². The van der Waals surface area contributed by atoms with Crippen LogP contribution in [0.15, 0.2) is 12.3 Å². The normalized spacial score (nSPS) is 12.9. The summed E-state index contributed by atoms with van der Waals surface area (Å²) in [5, 5.41) is 10.6. The second-order valence-corrected chi connectivity index (χ2v) is 5.35. The highest BCUT2D eigenvalue weighted by molar-refractivity contribution is 5.96. The first-order valence-electron chi connectivity index (χ1n) is 6.37. The number of ketones is 1. The summed E-state index contributed by atoms with van der Waals surface area (Å²) in [6.07, 6.45) is 2.25. The van der Waals surface area contributed by atoms with Crippen LogP contribution >= 0.6 is 0 Å². The third kappa shape index (κ3) is 4.48. The van der Waals surface area contributed by atoms with Crippen LogP contribution in [0, 0.1) is 16.0 Å². The number of nitrogens with one attached hydrogen (secondary N) is 1. The van der Waals surface area contributed by atoms with Gasteiger partial charge in [-0.2, -0.15) is 0 Å². The number of likely N-dealkylation sites (N-methyl/N-ethyl adjacent to an activating group) is 1. The molecule has 0 saturated heterocycles. The maximum absolute atomic E-state index is 12.0. The summed E-state index contributed by atoms with van der Waals surface area (Å²) in [4.78, 5) is 26.6. The highest BCUT2D eigenvalue weighted by atomic mass is 16.6. The second kappa shape index (κ2) is 6.47. The smallest absolute Gasteiger partial charge is 0.287 e. The Morgan fingerprint density at radius 3 is 2.58 bits per heavy atom. The quantitative estimate of drug-likeness (QED) is 0.467. The maximum atomic E-state index is 12.0. The molecule has 0 fully saturated rings. The van der Waals surface area contributed by atoms with Crippen molar-refractivity contribution in [1.29, 1.82) is 0 Å². The molecule has 0 aliphatic carbocycles. The van der Waals surface area contributed by atoms with Gasteiger partial charge in [0.25, 0.3) is 5.69 Å². The summed E-state index contributed by atoms with van der Waals surface area (Å²) in [5.74, 6) is 0.435. The third-order valence-electron chi connectivity index (χ3n) is 3.14. The molecular formula is C13H21N3O3. The fourth-order valence-corrected chi connectivity index (χ4v) is 1.98. The highest BCUT2D eigenvalue weighted by Gasteiger charge is 2.18. The number of aromatic amines is 1. The Morgan fingerprint density at radius 2 is 2.11 bits per heavy atom. The SMILES string of the molecule is CC(C)CC(C)N(C)CC(=O)c1cc([N+](=O)[O-])c[nH]1. The molecule has 1 rings (SSSR count). The van der Waals surface area contributed by atoms with Gasteiger partial charge in [0.2, 0.25) is 0 Å². The van der Waals surface area contributed by atoms with Crippen LogP contribution in [-0.2, 0) is 0 Å². The number of hydrogen-bond acceptors (Lipinski definition) is 4. The van der Waals surface area contributed by atoms with Gasteiger partial charge in [-0.1, -0.05) is 13.8 Å². The molecule has 0 aromatic carbocycles. The number of Topliss-reactive ketones (excluding diaryl/α,β-unsaturated/α-hetero) is 1. The second-order valence-electron chi connectivity index (χ2n) is 5.35. The molecule has 1 heterocycles. The van der Waals surface area contributed by atoms with E-state index in [0.29, 0.717) is 12.0 Å². The first-order valence-corrected chi connectivity index (χ1v) is 6.37. The minimum absolute atomic E-state index is 0.0822. The van der Waals surface area contributed by atoms with E-state index in [9.17, 15) is 14.9 Å². The van der Waals surface area contributed by atoms with Crippen molar-refractivity contribution in [3.63, 3.8) is 0 Å². The van der Waals surface area contributed by atoms with E-state index in [1.165, 1.54) is 12.3 Å². The predicted molar refractivity (Wildman–Crippen MR) is 73.3 cm³/mol. The number of H-pyrrole nitrogens is 1. The van der Waals surface area contributed by atoms with E-state index in [1.807, 2.05) is 11.9 Å². The Labute approximate surface area is 112 Å². The van der Waals surface area contributed by atoms with Crippen molar-refractivity contribution in [2.75, 3.05) is 13.6 Å². The van der Waals surface area contributed by atoms with Gasteiger partial charge in [-0.3, -0.25) is 19.8 Å². The summed E-state index contributed by atoms with van der Waals surface area (Å²) in [5.41, 5.74) is 0.205. The average molecular weight is 267 g/mol. The average Bonchev–Trinajstić information content (AvgIpc) is 2.77. The number of carbonyl (C=O) groups excluding carboxylic acids is 1. The molecule has 1 aromatic rings. The number of nitro groups is 1. The minimum atomic E-state index is -0.515. The first kappa shape index (κ1) is 15.4. The minimum Gasteiger partial charge on any atom is -0.353 e. The zero-order chi connectivity index (χ0) is 14.6. The van der Waals surface area contributed by atoms with Gasteiger partial charge < -0.3 is 4.98 Å². The number of hydrogen-bond donors (Lipinski definition) is 1. The maximum Gasteiger partial charge on any atom is 0.287 e. The standard InChI is InChI=1S/C13H21N3O3/c1-9(2)5-10(3)15(4)8-13(17)12-6-11(7-14-12)16(18)19/h6-7,9-10,14H,5,8H2,1-4H3. The van der Waals surface area contributed by atoms with E-state index in [1.54, 1.807) is 0 Å². The van der Waals surface area contributed by atoms with Crippen molar-refractivity contribution in [2.45, 2.75) is 33.2 Å². The lowest BCUT2D eigenvalue weighted by Gasteiger charge is -2.25. The van der Waals surface area contributed by atoms with E-state index in [0.717, 1.165) is 6.42 Å². The van der Waals surface area contributed by atoms with E-state index in [-0.39, 0.29) is 23.7 Å². The largest absolute Gasteiger partial charge is 0.353 e. The van der Waals surface area contributed by atoms with Crippen LogP contribution < -0.4 is 0 Å². The van der Waals surface area contributed by atoms with Crippen molar-refractivity contribution in [2.24, 2.45) is 5.92 Å². The van der Waals surface area contributed by atoms with Crippen LogP contribution in [0.1, 0.15) is 37.7 Å². The summed E-state index contributed by atoms with van der Waals surface area (Å²) >= 11 is 0. The molecule has 1 unspecified atom stereocenters. The fraction of sp³-hybridized carbons (Fsp3) is 0.615. The van der Waals surface area contributed by atoms with Gasteiger partial charge in [-0.15, -0.1) is 0 Å². The molecule has 19 heavy (non-hydrogen) atoms. The lowest BCUT2D eigenvalue weighted by Crippen LogP contribution is -2.34. The van der Waals surface area contributed by atoms with Gasteiger partial charge in [0.1, 0.15) is 0 Å². The van der Waals surface area contributed by atoms with Gasteiger partial charge >= 0.3 is 0 Å².